The fraction of sp³-hybridized carbons (Fsp3) is 0.185. The van der Waals surface area contributed by atoms with Crippen LogP contribution in [0.25, 0.3) is 0 Å². The Bertz CT molecular complexity index is 1340. The monoisotopic (exact) mass is 502 g/mol. The lowest BCUT2D eigenvalue weighted by molar-refractivity contribution is -0.121. The molecule has 0 aliphatic carbocycles. The van der Waals surface area contributed by atoms with Gasteiger partial charge in [0.1, 0.15) is 0 Å². The summed E-state index contributed by atoms with van der Waals surface area (Å²) in [6.45, 7) is 1.99. The molecule has 2 aliphatic rings. The molecule has 1 fully saturated rings. The predicted octanol–water partition coefficient (Wildman–Crippen LogP) is 4.57. The molecule has 8 nitrogen and oxygen atoms in total. The van der Waals surface area contributed by atoms with Crippen molar-refractivity contribution >= 4 is 46.9 Å². The number of hydrogen-bond acceptors (Lipinski definition) is 8. The number of carbonyl (C=O) groups is 4. The molecule has 1 N–H and O–H groups in total. The third-order valence-electron chi connectivity index (χ3n) is 5.86. The molecule has 0 radical (unpaired) electrons. The van der Waals surface area contributed by atoms with Gasteiger partial charge >= 0.3 is 11.9 Å². The van der Waals surface area contributed by atoms with Crippen molar-refractivity contribution in [1.82, 2.24) is 0 Å². The maximum absolute atomic E-state index is 13.0. The van der Waals surface area contributed by atoms with Crippen LogP contribution >= 0.6 is 11.8 Å². The number of rotatable bonds is 7. The van der Waals surface area contributed by atoms with Crippen molar-refractivity contribution in [3.05, 3.63) is 89.5 Å². The van der Waals surface area contributed by atoms with E-state index in [4.69, 9.17) is 9.47 Å². The lowest BCUT2D eigenvalue weighted by Crippen LogP contribution is -2.31. The standard InChI is InChI=1S/C27H22N2O6S/c1-2-34-26(32)16-7-11-18(12-8-16)29-23(30)15-22(25(29)31)36-19-13-9-17(10-14-19)28-24-20-5-3-4-6-21(20)27(33)35-24/h3-14,22,24,28H,2,15H2,1H3. The fourth-order valence-electron chi connectivity index (χ4n) is 4.13. The van der Waals surface area contributed by atoms with Crippen LogP contribution in [0, 0.1) is 0 Å². The van der Waals surface area contributed by atoms with Crippen molar-refractivity contribution in [2.45, 2.75) is 29.7 Å². The van der Waals surface area contributed by atoms with Gasteiger partial charge in [-0.05, 0) is 61.5 Å². The Hall–Kier alpha value is -4.11. The van der Waals surface area contributed by atoms with Crippen LogP contribution in [-0.4, -0.2) is 35.6 Å². The number of anilines is 2. The van der Waals surface area contributed by atoms with Crippen LogP contribution in [0.2, 0.25) is 0 Å². The topological polar surface area (TPSA) is 102 Å². The number of imide groups is 1. The number of cyclic esters (lactones) is 1. The molecular formula is C27H22N2O6S. The molecule has 2 aliphatic heterocycles. The SMILES string of the molecule is CCOC(=O)c1ccc(N2C(=O)CC(Sc3ccc(NC4OC(=O)c5ccccc54)cc3)C2=O)cc1. The average molecular weight is 503 g/mol. The van der Waals surface area contributed by atoms with E-state index in [-0.39, 0.29) is 30.8 Å². The lowest BCUT2D eigenvalue weighted by Gasteiger charge is -2.16. The minimum absolute atomic E-state index is 0.0813. The average Bonchev–Trinajstić information content (AvgIpc) is 3.35. The van der Waals surface area contributed by atoms with E-state index in [0.717, 1.165) is 21.0 Å². The summed E-state index contributed by atoms with van der Waals surface area (Å²) in [6.07, 6.45) is -0.484. The third kappa shape index (κ3) is 4.57. The van der Waals surface area contributed by atoms with E-state index in [9.17, 15) is 19.2 Å². The summed E-state index contributed by atoms with van der Waals surface area (Å²) >= 11 is 1.32. The van der Waals surface area contributed by atoms with Crippen LogP contribution in [0.5, 0.6) is 0 Å². The highest BCUT2D eigenvalue weighted by Gasteiger charge is 2.40. The van der Waals surface area contributed by atoms with E-state index in [0.29, 0.717) is 16.8 Å². The second-order valence-corrected chi connectivity index (χ2v) is 9.46. The van der Waals surface area contributed by atoms with Crippen molar-refractivity contribution in [1.29, 1.82) is 0 Å². The molecule has 5 rings (SSSR count). The molecule has 0 spiro atoms. The largest absolute Gasteiger partial charge is 0.462 e. The van der Waals surface area contributed by atoms with Gasteiger partial charge in [-0.15, -0.1) is 11.8 Å². The number of thioether (sulfide) groups is 1. The zero-order chi connectivity index (χ0) is 25.2. The van der Waals surface area contributed by atoms with E-state index in [1.165, 1.54) is 11.8 Å². The van der Waals surface area contributed by atoms with Crippen molar-refractivity contribution in [2.75, 3.05) is 16.8 Å². The molecule has 3 aromatic carbocycles. The number of nitrogens with zero attached hydrogens (tertiary/aromatic N) is 1. The van der Waals surface area contributed by atoms with Gasteiger partial charge in [0.2, 0.25) is 18.0 Å². The van der Waals surface area contributed by atoms with E-state index in [2.05, 4.69) is 5.32 Å². The molecule has 2 amide bonds. The van der Waals surface area contributed by atoms with Gasteiger partial charge in [-0.1, -0.05) is 18.2 Å². The molecule has 1 saturated heterocycles. The summed E-state index contributed by atoms with van der Waals surface area (Å²) in [5.41, 5.74) is 2.87. The molecule has 9 heteroatoms. The number of nitrogens with one attached hydrogen (secondary N) is 1. The first-order valence-corrected chi connectivity index (χ1v) is 12.3. The highest BCUT2D eigenvalue weighted by Crippen LogP contribution is 2.36. The lowest BCUT2D eigenvalue weighted by atomic mass is 10.1. The minimum atomic E-state index is -0.565. The zero-order valence-electron chi connectivity index (χ0n) is 19.3. The van der Waals surface area contributed by atoms with Crippen LogP contribution in [-0.2, 0) is 19.1 Å². The summed E-state index contributed by atoms with van der Waals surface area (Å²) in [4.78, 5) is 51.5. The Morgan fingerprint density at radius 2 is 1.75 bits per heavy atom. The fourth-order valence-corrected chi connectivity index (χ4v) is 5.18. The molecule has 0 saturated carbocycles. The quantitative estimate of drug-likeness (QED) is 0.370. The van der Waals surface area contributed by atoms with Gasteiger partial charge in [-0.2, -0.15) is 0 Å². The zero-order valence-corrected chi connectivity index (χ0v) is 20.1. The highest BCUT2D eigenvalue weighted by molar-refractivity contribution is 8.00. The van der Waals surface area contributed by atoms with Crippen LogP contribution in [0.1, 0.15) is 45.9 Å². The summed E-state index contributed by atoms with van der Waals surface area (Å²) in [6, 6.07) is 20.8. The van der Waals surface area contributed by atoms with Crippen LogP contribution in [0.15, 0.2) is 77.7 Å². The number of amides is 2. The molecule has 2 unspecified atom stereocenters. The first-order valence-electron chi connectivity index (χ1n) is 11.4. The van der Waals surface area contributed by atoms with Gasteiger partial charge in [-0.25, -0.2) is 14.5 Å². The Labute approximate surface area is 211 Å². The maximum Gasteiger partial charge on any atom is 0.340 e. The van der Waals surface area contributed by atoms with Crippen LogP contribution < -0.4 is 10.2 Å². The van der Waals surface area contributed by atoms with Gasteiger partial charge in [-0.3, -0.25) is 9.59 Å². The highest BCUT2D eigenvalue weighted by atomic mass is 32.2. The van der Waals surface area contributed by atoms with E-state index in [1.807, 2.05) is 36.4 Å². The number of esters is 2. The summed E-state index contributed by atoms with van der Waals surface area (Å²) in [5, 5.41) is 2.65. The van der Waals surface area contributed by atoms with Gasteiger partial charge in [0, 0.05) is 22.6 Å². The molecule has 36 heavy (non-hydrogen) atoms. The van der Waals surface area contributed by atoms with E-state index >= 15 is 0 Å². The number of ether oxygens (including phenoxy) is 2. The number of carbonyl (C=O) groups excluding carboxylic acids is 4. The van der Waals surface area contributed by atoms with E-state index in [1.54, 1.807) is 43.3 Å². The van der Waals surface area contributed by atoms with Crippen molar-refractivity contribution in [3.8, 4) is 0 Å². The molecule has 0 aromatic heterocycles. The first kappa shape index (κ1) is 23.6. The minimum Gasteiger partial charge on any atom is -0.462 e. The van der Waals surface area contributed by atoms with Crippen molar-refractivity contribution < 1.29 is 28.7 Å². The Balaban J connectivity index is 1.23. The summed E-state index contributed by atoms with van der Waals surface area (Å²) in [7, 11) is 0. The Morgan fingerprint density at radius 1 is 1.03 bits per heavy atom. The molecular weight excluding hydrogens is 480 g/mol. The summed E-state index contributed by atoms with van der Waals surface area (Å²) in [5.74, 6) is -1.41. The maximum atomic E-state index is 13.0. The second kappa shape index (κ2) is 9.87. The molecule has 2 heterocycles. The molecule has 0 bridgehead atoms. The predicted molar refractivity (Wildman–Crippen MR) is 134 cm³/mol. The first-order chi connectivity index (χ1) is 17.4. The smallest absolute Gasteiger partial charge is 0.340 e. The van der Waals surface area contributed by atoms with Gasteiger partial charge in [0.05, 0.1) is 28.7 Å². The van der Waals surface area contributed by atoms with E-state index < -0.39 is 17.4 Å². The van der Waals surface area contributed by atoms with Crippen LogP contribution in [0.3, 0.4) is 0 Å². The van der Waals surface area contributed by atoms with Gasteiger partial charge < -0.3 is 14.8 Å². The van der Waals surface area contributed by atoms with Crippen LogP contribution in [0.4, 0.5) is 11.4 Å². The second-order valence-electron chi connectivity index (χ2n) is 8.19. The number of fused-ring (bicyclic) bond motifs is 1. The molecule has 182 valence electrons. The normalized spacial score (nSPS) is 18.7. The Kier molecular flexibility index (Phi) is 6.47. The summed E-state index contributed by atoms with van der Waals surface area (Å²) < 4.78 is 10.4. The van der Waals surface area contributed by atoms with Crippen molar-refractivity contribution in [3.63, 3.8) is 0 Å². The Morgan fingerprint density at radius 3 is 2.47 bits per heavy atom. The molecule has 3 aromatic rings. The number of benzene rings is 3. The third-order valence-corrected chi connectivity index (χ3v) is 7.06. The number of hydrogen-bond donors (Lipinski definition) is 1. The van der Waals surface area contributed by atoms with Crippen molar-refractivity contribution in [2.24, 2.45) is 0 Å². The van der Waals surface area contributed by atoms with Gasteiger partial charge in [0.25, 0.3) is 0 Å². The molecule has 2 atom stereocenters. The van der Waals surface area contributed by atoms with Gasteiger partial charge in [0.15, 0.2) is 0 Å².